The molecule has 0 heterocycles. The quantitative estimate of drug-likeness (QED) is 0.407. The van der Waals surface area contributed by atoms with Crippen molar-refractivity contribution in [3.8, 4) is 0 Å². The third kappa shape index (κ3) is 3.45. The summed E-state index contributed by atoms with van der Waals surface area (Å²) in [7, 11) is -1.15. The molecule has 0 aliphatic rings. The van der Waals surface area contributed by atoms with Crippen molar-refractivity contribution in [3.05, 3.63) is 12.7 Å². The van der Waals surface area contributed by atoms with Crippen LogP contribution in [0, 0.1) is 0 Å². The zero-order valence-electron chi connectivity index (χ0n) is 10.5. The van der Waals surface area contributed by atoms with Gasteiger partial charge in [-0.05, 0) is 0 Å². The Morgan fingerprint density at radius 3 is 1.29 bits per heavy atom. The number of hydrogen-bond donors (Lipinski definition) is 0. The van der Waals surface area contributed by atoms with Gasteiger partial charge in [-0.2, -0.15) is 0 Å². The number of allylic oxidation sites excluding steroid dienone is 1. The molecule has 0 bridgehead atoms. The summed E-state index contributed by atoms with van der Waals surface area (Å²) in [6, 6.07) is 0. The summed E-state index contributed by atoms with van der Waals surface area (Å²) < 4.78 is 0. The molecule has 0 N–H and O–H groups in total. The molecule has 2 heteroatoms. The maximum atomic E-state index is 3.93. The molecule has 0 atom stereocenters. The zero-order chi connectivity index (χ0) is 10.6. The second-order valence-electron chi connectivity index (χ2n) is 5.07. The molecular formula is C12H27PPd. The van der Waals surface area contributed by atoms with Gasteiger partial charge in [0.25, 0.3) is 0 Å². The van der Waals surface area contributed by atoms with E-state index in [-0.39, 0.29) is 20.4 Å². The van der Waals surface area contributed by atoms with Crippen molar-refractivity contribution in [2.24, 2.45) is 0 Å². The minimum absolute atomic E-state index is 0. The Bertz CT molecular complexity index is 140. The van der Waals surface area contributed by atoms with Gasteiger partial charge >= 0.3 is 84.6 Å². The van der Waals surface area contributed by atoms with Gasteiger partial charge in [0.05, 0.1) is 0 Å². The molecule has 0 unspecified atom stereocenters. The number of rotatable bonds is 5. The molecule has 0 spiro atoms. The van der Waals surface area contributed by atoms with Crippen LogP contribution in [0.3, 0.4) is 0 Å². The molecule has 0 fully saturated rings. The molecule has 0 aromatic rings. The molecular weight excluding hydrogens is 282 g/mol. The Morgan fingerprint density at radius 2 is 1.21 bits per heavy atom. The molecule has 0 saturated heterocycles. The SMILES string of the molecule is C=CC[PH](C(C)C)(C(C)C)C(C)C.[Pd]. The van der Waals surface area contributed by atoms with Crippen LogP contribution in [-0.4, -0.2) is 23.1 Å². The third-order valence-electron chi connectivity index (χ3n) is 3.72. The van der Waals surface area contributed by atoms with Crippen LogP contribution in [0.15, 0.2) is 12.7 Å². The second-order valence-corrected chi connectivity index (χ2v) is 11.2. The molecule has 0 nitrogen and oxygen atoms in total. The van der Waals surface area contributed by atoms with Crippen molar-refractivity contribution in [3.63, 3.8) is 0 Å². The van der Waals surface area contributed by atoms with E-state index >= 15 is 0 Å². The monoisotopic (exact) mass is 308 g/mol. The topological polar surface area (TPSA) is 0 Å². The first-order valence-electron chi connectivity index (χ1n) is 5.50. The van der Waals surface area contributed by atoms with E-state index in [1.165, 1.54) is 6.16 Å². The predicted octanol–water partition coefficient (Wildman–Crippen LogP) is 4.15. The van der Waals surface area contributed by atoms with Gasteiger partial charge in [-0.15, -0.1) is 0 Å². The molecule has 0 aromatic carbocycles. The summed E-state index contributed by atoms with van der Waals surface area (Å²) in [5.74, 6) is 0. The molecule has 0 rings (SSSR count). The molecule has 0 radical (unpaired) electrons. The van der Waals surface area contributed by atoms with E-state index in [0.29, 0.717) is 0 Å². The van der Waals surface area contributed by atoms with Gasteiger partial charge in [-0.3, -0.25) is 0 Å². The van der Waals surface area contributed by atoms with Gasteiger partial charge in [-0.25, -0.2) is 0 Å². The third-order valence-corrected chi connectivity index (χ3v) is 11.2. The first-order chi connectivity index (χ1) is 5.89. The molecule has 0 amide bonds. The molecule has 0 saturated carbocycles. The summed E-state index contributed by atoms with van der Waals surface area (Å²) in [6.45, 7) is 18.3. The van der Waals surface area contributed by atoms with E-state index in [1.54, 1.807) is 0 Å². The van der Waals surface area contributed by atoms with Gasteiger partial charge in [0.1, 0.15) is 0 Å². The first-order valence-corrected chi connectivity index (χ1v) is 7.94. The van der Waals surface area contributed by atoms with Crippen molar-refractivity contribution in [2.75, 3.05) is 6.16 Å². The van der Waals surface area contributed by atoms with Crippen molar-refractivity contribution >= 4 is 7.26 Å². The van der Waals surface area contributed by atoms with Gasteiger partial charge in [0, 0.05) is 20.4 Å². The van der Waals surface area contributed by atoms with E-state index < -0.39 is 7.26 Å². The van der Waals surface area contributed by atoms with Crippen LogP contribution in [0.2, 0.25) is 0 Å². The van der Waals surface area contributed by atoms with Crippen molar-refractivity contribution < 1.29 is 20.4 Å². The fourth-order valence-corrected chi connectivity index (χ4v) is 8.87. The van der Waals surface area contributed by atoms with E-state index in [0.717, 1.165) is 17.0 Å². The fraction of sp³-hybridized carbons (Fsp3) is 0.833. The minimum atomic E-state index is -1.15. The average Bonchev–Trinajstić information content (AvgIpc) is 1.97. The second kappa shape index (κ2) is 7.16. The van der Waals surface area contributed by atoms with Crippen LogP contribution in [0.1, 0.15) is 41.5 Å². The molecule has 0 aromatic heterocycles. The van der Waals surface area contributed by atoms with Crippen LogP contribution in [-0.2, 0) is 20.4 Å². The molecule has 90 valence electrons. The van der Waals surface area contributed by atoms with Gasteiger partial charge in [-0.1, -0.05) is 0 Å². The fourth-order valence-electron chi connectivity index (χ4n) is 2.96. The van der Waals surface area contributed by atoms with Crippen LogP contribution in [0.5, 0.6) is 0 Å². The van der Waals surface area contributed by atoms with Crippen LogP contribution in [0.25, 0.3) is 0 Å². The first kappa shape index (κ1) is 17.2. The summed E-state index contributed by atoms with van der Waals surface area (Å²) in [4.78, 5) is 0. The van der Waals surface area contributed by atoms with Crippen LogP contribution >= 0.6 is 7.26 Å². The van der Waals surface area contributed by atoms with E-state index in [9.17, 15) is 0 Å². The molecule has 14 heavy (non-hydrogen) atoms. The largest absolute Gasteiger partial charge is 0 e. The van der Waals surface area contributed by atoms with Gasteiger partial charge < -0.3 is 0 Å². The number of hydrogen-bond acceptors (Lipinski definition) is 0. The maximum absolute atomic E-state index is 3.93. The zero-order valence-corrected chi connectivity index (χ0v) is 13.1. The summed E-state index contributed by atoms with van der Waals surface area (Å²) in [5.41, 5.74) is 2.60. The Labute approximate surface area is 105 Å². The Kier molecular flexibility index (Phi) is 8.82. The van der Waals surface area contributed by atoms with Crippen molar-refractivity contribution in [2.45, 2.75) is 58.5 Å². The van der Waals surface area contributed by atoms with Crippen molar-refractivity contribution in [1.82, 2.24) is 0 Å². The van der Waals surface area contributed by atoms with E-state index in [2.05, 4.69) is 54.2 Å². The Hall–Kier alpha value is 0.832. The Morgan fingerprint density at radius 1 is 0.929 bits per heavy atom. The van der Waals surface area contributed by atoms with E-state index in [4.69, 9.17) is 0 Å². The standard InChI is InChI=1S/C12H27P.Pd/c1-8-9-13(10(2)3,11(4)5)12(6)7;/h8,10-13H,1,9H2,2-7H3;. The van der Waals surface area contributed by atoms with Gasteiger partial charge in [0.2, 0.25) is 0 Å². The average molecular weight is 309 g/mol. The molecule has 0 aliphatic carbocycles. The van der Waals surface area contributed by atoms with Crippen LogP contribution < -0.4 is 0 Å². The van der Waals surface area contributed by atoms with Gasteiger partial charge in [0.15, 0.2) is 0 Å². The normalized spacial score (nSPS) is 13.2. The predicted molar refractivity (Wildman–Crippen MR) is 68.8 cm³/mol. The van der Waals surface area contributed by atoms with Crippen LogP contribution in [0.4, 0.5) is 0 Å². The minimum Gasteiger partial charge on any atom is 0 e. The molecule has 0 aliphatic heterocycles. The van der Waals surface area contributed by atoms with E-state index in [1.807, 2.05) is 0 Å². The maximum Gasteiger partial charge on any atom is 0 e. The van der Waals surface area contributed by atoms with Crippen molar-refractivity contribution in [1.29, 1.82) is 0 Å². The Balaban J connectivity index is 0. The summed E-state index contributed by atoms with van der Waals surface area (Å²) in [6.07, 6.45) is 3.42. The summed E-state index contributed by atoms with van der Waals surface area (Å²) in [5, 5.41) is 0. The summed E-state index contributed by atoms with van der Waals surface area (Å²) >= 11 is 0. The smallest absolute Gasteiger partial charge is 0 e.